The van der Waals surface area contributed by atoms with Gasteiger partial charge in [0.05, 0.1) is 28.9 Å². The van der Waals surface area contributed by atoms with Crippen LogP contribution >= 0.6 is 11.6 Å². The van der Waals surface area contributed by atoms with Gasteiger partial charge in [0.2, 0.25) is 0 Å². The number of guanidine groups is 1. The van der Waals surface area contributed by atoms with E-state index in [2.05, 4.69) is 25.6 Å². The third-order valence-corrected chi connectivity index (χ3v) is 2.72. The monoisotopic (exact) mass is 235 g/mol. The lowest BCUT2D eigenvalue weighted by atomic mass is 10.3. The maximum Gasteiger partial charge on any atom is 0.195 e. The highest BCUT2D eigenvalue weighted by molar-refractivity contribution is 6.35. The minimum Gasteiger partial charge on any atom is -0.354 e. The molecule has 1 aromatic carbocycles. The van der Waals surface area contributed by atoms with Crippen LogP contribution in [0.25, 0.3) is 11.0 Å². The Bertz CT molecular complexity index is 559. The van der Waals surface area contributed by atoms with Gasteiger partial charge >= 0.3 is 0 Å². The Hall–Kier alpha value is -1.75. The van der Waals surface area contributed by atoms with Crippen LogP contribution in [0.3, 0.4) is 0 Å². The topological polar surface area (TPSA) is 65.1 Å². The van der Waals surface area contributed by atoms with Crippen LogP contribution < -0.4 is 10.6 Å². The summed E-state index contributed by atoms with van der Waals surface area (Å²) in [4.78, 5) is 11.4. The molecule has 0 fully saturated rings. The van der Waals surface area contributed by atoms with E-state index in [0.29, 0.717) is 5.02 Å². The Morgan fingerprint density at radius 1 is 1.38 bits per heavy atom. The second-order valence-corrected chi connectivity index (χ2v) is 3.94. The molecular weight excluding hydrogens is 226 g/mol. The number of nitrogens with zero attached hydrogens (tertiary/aromatic N) is 2. The molecule has 0 aliphatic carbocycles. The maximum absolute atomic E-state index is 6.12. The van der Waals surface area contributed by atoms with Crippen molar-refractivity contribution in [1.82, 2.24) is 15.3 Å². The number of hydrogen-bond donors (Lipinski definition) is 3. The first-order valence-electron chi connectivity index (χ1n) is 5.01. The number of rotatable bonds is 1. The molecule has 0 unspecified atom stereocenters. The van der Waals surface area contributed by atoms with Gasteiger partial charge < -0.3 is 15.6 Å². The zero-order valence-electron chi connectivity index (χ0n) is 8.42. The molecule has 1 aliphatic rings. The van der Waals surface area contributed by atoms with Crippen molar-refractivity contribution in [3.05, 3.63) is 23.5 Å². The molecule has 0 spiro atoms. The highest BCUT2D eigenvalue weighted by atomic mass is 35.5. The fourth-order valence-electron chi connectivity index (χ4n) is 1.69. The van der Waals surface area contributed by atoms with Gasteiger partial charge in [-0.05, 0) is 12.1 Å². The SMILES string of the molecule is Clc1cc(NC2=NCCN2)cc2nc[nH]c12. The van der Waals surface area contributed by atoms with Crippen LogP contribution in [0.1, 0.15) is 0 Å². The van der Waals surface area contributed by atoms with Crippen molar-refractivity contribution in [3.63, 3.8) is 0 Å². The van der Waals surface area contributed by atoms with Gasteiger partial charge in [-0.25, -0.2) is 4.98 Å². The molecule has 0 bridgehead atoms. The van der Waals surface area contributed by atoms with Gasteiger partial charge in [0.15, 0.2) is 5.96 Å². The van der Waals surface area contributed by atoms with Crippen molar-refractivity contribution in [1.29, 1.82) is 0 Å². The lowest BCUT2D eigenvalue weighted by Crippen LogP contribution is -2.26. The largest absolute Gasteiger partial charge is 0.354 e. The predicted octanol–water partition coefficient (Wildman–Crippen LogP) is 1.59. The average Bonchev–Trinajstić information content (AvgIpc) is 2.87. The third kappa shape index (κ3) is 1.59. The molecule has 0 atom stereocenters. The fraction of sp³-hybridized carbons (Fsp3) is 0.200. The molecule has 82 valence electrons. The molecule has 2 heterocycles. The Balaban J connectivity index is 1.97. The molecule has 16 heavy (non-hydrogen) atoms. The van der Waals surface area contributed by atoms with Crippen LogP contribution in [0, 0.1) is 0 Å². The van der Waals surface area contributed by atoms with Gasteiger partial charge in [-0.2, -0.15) is 0 Å². The number of hydrogen-bond acceptors (Lipinski definition) is 4. The minimum absolute atomic E-state index is 0.649. The summed E-state index contributed by atoms with van der Waals surface area (Å²) in [6.07, 6.45) is 1.63. The predicted molar refractivity (Wildman–Crippen MR) is 65.0 cm³/mol. The highest BCUT2D eigenvalue weighted by Gasteiger charge is 2.08. The van der Waals surface area contributed by atoms with Crippen LogP contribution in [0.5, 0.6) is 0 Å². The van der Waals surface area contributed by atoms with Gasteiger partial charge in [-0.1, -0.05) is 11.6 Å². The van der Waals surface area contributed by atoms with Crippen molar-refractivity contribution in [2.75, 3.05) is 18.4 Å². The molecule has 6 heteroatoms. The number of benzene rings is 1. The standard InChI is InChI=1S/C10H10ClN5/c11-7-3-6(16-10-12-1-2-13-10)4-8-9(7)15-5-14-8/h3-5H,1-2H2,(H,14,15)(H2,12,13,16). The zero-order chi connectivity index (χ0) is 11.0. The third-order valence-electron chi connectivity index (χ3n) is 2.42. The van der Waals surface area contributed by atoms with Crippen LogP contribution in [0.4, 0.5) is 5.69 Å². The smallest absolute Gasteiger partial charge is 0.195 e. The number of halogens is 1. The Labute approximate surface area is 96.9 Å². The van der Waals surface area contributed by atoms with E-state index in [-0.39, 0.29) is 0 Å². The van der Waals surface area contributed by atoms with Crippen LogP contribution in [-0.4, -0.2) is 29.0 Å². The summed E-state index contributed by atoms with van der Waals surface area (Å²) in [5, 5.41) is 6.95. The van der Waals surface area contributed by atoms with E-state index >= 15 is 0 Å². The van der Waals surface area contributed by atoms with Crippen molar-refractivity contribution < 1.29 is 0 Å². The summed E-state index contributed by atoms with van der Waals surface area (Å²) in [5.41, 5.74) is 2.58. The molecule has 1 aromatic heterocycles. The van der Waals surface area contributed by atoms with Gasteiger partial charge in [-0.15, -0.1) is 0 Å². The number of aliphatic imine (C=N–C) groups is 1. The molecule has 5 nitrogen and oxygen atoms in total. The van der Waals surface area contributed by atoms with E-state index in [1.165, 1.54) is 0 Å². The molecule has 1 aliphatic heterocycles. The van der Waals surface area contributed by atoms with Gasteiger partial charge in [0, 0.05) is 12.2 Å². The van der Waals surface area contributed by atoms with E-state index in [1.807, 2.05) is 12.1 Å². The Morgan fingerprint density at radius 3 is 3.12 bits per heavy atom. The minimum atomic E-state index is 0.649. The number of imidazole rings is 1. The van der Waals surface area contributed by atoms with Crippen LogP contribution in [-0.2, 0) is 0 Å². The molecule has 3 rings (SSSR count). The van der Waals surface area contributed by atoms with Crippen molar-refractivity contribution in [2.24, 2.45) is 4.99 Å². The Morgan fingerprint density at radius 2 is 2.31 bits per heavy atom. The summed E-state index contributed by atoms with van der Waals surface area (Å²) in [7, 11) is 0. The van der Waals surface area contributed by atoms with Crippen molar-refractivity contribution in [2.45, 2.75) is 0 Å². The molecule has 0 saturated carbocycles. The second-order valence-electron chi connectivity index (χ2n) is 3.54. The molecule has 0 amide bonds. The van der Waals surface area contributed by atoms with E-state index in [0.717, 1.165) is 35.8 Å². The van der Waals surface area contributed by atoms with Gasteiger partial charge in [0.1, 0.15) is 0 Å². The quantitative estimate of drug-likeness (QED) is 0.703. The van der Waals surface area contributed by atoms with Gasteiger partial charge in [0.25, 0.3) is 0 Å². The average molecular weight is 236 g/mol. The first kappa shape index (κ1) is 9.47. The zero-order valence-corrected chi connectivity index (χ0v) is 9.17. The number of fused-ring (bicyclic) bond motifs is 1. The Kier molecular flexibility index (Phi) is 2.18. The van der Waals surface area contributed by atoms with Crippen LogP contribution in [0.2, 0.25) is 5.02 Å². The van der Waals surface area contributed by atoms with E-state index in [9.17, 15) is 0 Å². The summed E-state index contributed by atoms with van der Waals surface area (Å²) in [5.74, 6) is 0.783. The second kappa shape index (κ2) is 3.68. The van der Waals surface area contributed by atoms with Crippen LogP contribution in [0.15, 0.2) is 23.5 Å². The molecule has 0 radical (unpaired) electrons. The maximum atomic E-state index is 6.12. The molecular formula is C10H10ClN5. The lowest BCUT2D eigenvalue weighted by molar-refractivity contribution is 0.959. The summed E-state index contributed by atoms with van der Waals surface area (Å²) in [6, 6.07) is 3.78. The van der Waals surface area contributed by atoms with Gasteiger partial charge in [-0.3, -0.25) is 4.99 Å². The van der Waals surface area contributed by atoms with E-state index < -0.39 is 0 Å². The molecule has 3 N–H and O–H groups in total. The number of H-pyrrole nitrogens is 1. The lowest BCUT2D eigenvalue weighted by Gasteiger charge is -2.06. The van der Waals surface area contributed by atoms with Crippen molar-refractivity contribution in [3.8, 4) is 0 Å². The van der Waals surface area contributed by atoms with Crippen molar-refractivity contribution >= 4 is 34.3 Å². The number of anilines is 1. The molecule has 2 aromatic rings. The number of aromatic nitrogens is 2. The summed E-state index contributed by atoms with van der Waals surface area (Å²) < 4.78 is 0. The number of aromatic amines is 1. The number of nitrogens with one attached hydrogen (secondary N) is 3. The first-order valence-corrected chi connectivity index (χ1v) is 5.39. The van der Waals surface area contributed by atoms with E-state index in [4.69, 9.17) is 11.6 Å². The fourth-order valence-corrected chi connectivity index (χ4v) is 1.96. The summed E-state index contributed by atoms with van der Waals surface area (Å²) >= 11 is 6.12. The highest BCUT2D eigenvalue weighted by Crippen LogP contribution is 2.25. The molecule has 0 saturated heterocycles. The summed E-state index contributed by atoms with van der Waals surface area (Å²) in [6.45, 7) is 1.68. The first-order chi connectivity index (χ1) is 7.83. The van der Waals surface area contributed by atoms with E-state index in [1.54, 1.807) is 6.33 Å². The normalized spacial score (nSPS) is 14.9.